The van der Waals surface area contributed by atoms with E-state index in [-0.39, 0.29) is 22.8 Å². The molecule has 0 aliphatic carbocycles. The van der Waals surface area contributed by atoms with Crippen molar-refractivity contribution in [2.45, 2.75) is 25.3 Å². The highest BCUT2D eigenvalue weighted by molar-refractivity contribution is 7.89. The van der Waals surface area contributed by atoms with E-state index in [0.717, 1.165) is 15.6 Å². The number of sulfonamides is 1. The molecule has 10 nitrogen and oxygen atoms in total. The lowest BCUT2D eigenvalue weighted by Gasteiger charge is -2.13. The fourth-order valence-electron chi connectivity index (χ4n) is 2.93. The molecule has 0 saturated heterocycles. The van der Waals surface area contributed by atoms with Crippen LogP contribution in [0.2, 0.25) is 0 Å². The molecule has 0 unspecified atom stereocenters. The van der Waals surface area contributed by atoms with Gasteiger partial charge in [-0.3, -0.25) is 4.79 Å². The Morgan fingerprint density at radius 2 is 1.82 bits per heavy atom. The Morgan fingerprint density at radius 3 is 2.50 bits per heavy atom. The van der Waals surface area contributed by atoms with Crippen LogP contribution in [0.15, 0.2) is 57.9 Å². The minimum absolute atomic E-state index is 0.0284. The number of esters is 1. The summed E-state index contributed by atoms with van der Waals surface area (Å²) in [4.78, 5) is 24.6. The minimum atomic E-state index is -3.65. The summed E-state index contributed by atoms with van der Waals surface area (Å²) in [7, 11) is -0.822. The zero-order valence-electron chi connectivity index (χ0n) is 19.2. The second-order valence-corrected chi connectivity index (χ2v) is 9.71. The Hall–Kier alpha value is -3.70. The predicted molar refractivity (Wildman–Crippen MR) is 123 cm³/mol. The normalized spacial score (nSPS) is 11.3. The first-order chi connectivity index (χ1) is 16.1. The predicted octanol–water partition coefficient (Wildman–Crippen LogP) is 2.92. The van der Waals surface area contributed by atoms with Crippen LogP contribution in [0.1, 0.15) is 27.4 Å². The van der Waals surface area contributed by atoms with E-state index >= 15 is 0 Å². The highest BCUT2D eigenvalue weighted by Gasteiger charge is 2.18. The Bertz CT molecular complexity index is 1280. The number of rotatable bonds is 9. The standard InChI is InChI=1S/C23H25N3O7S/c1-15-21(16(2)33-25-15)13-31-19-9-5-7-17(11-19)23(28)32-14-22(27)24-18-8-6-10-20(12-18)34(29,30)26(3)4/h5-12H,13-14H2,1-4H3,(H,24,27). The largest absolute Gasteiger partial charge is 0.489 e. The van der Waals surface area contributed by atoms with Crippen molar-refractivity contribution in [1.82, 2.24) is 9.46 Å². The van der Waals surface area contributed by atoms with Gasteiger partial charge in [-0.05, 0) is 50.2 Å². The van der Waals surface area contributed by atoms with Crippen LogP contribution < -0.4 is 10.1 Å². The van der Waals surface area contributed by atoms with Crippen molar-refractivity contribution in [2.75, 3.05) is 26.0 Å². The third-order valence-electron chi connectivity index (χ3n) is 4.86. The van der Waals surface area contributed by atoms with Crippen molar-refractivity contribution in [1.29, 1.82) is 0 Å². The number of anilines is 1. The molecule has 1 amide bonds. The van der Waals surface area contributed by atoms with Gasteiger partial charge in [0.15, 0.2) is 6.61 Å². The zero-order valence-corrected chi connectivity index (χ0v) is 20.0. The molecule has 3 aromatic rings. The summed E-state index contributed by atoms with van der Waals surface area (Å²) in [6, 6.07) is 12.2. The number of amides is 1. The Labute approximate surface area is 197 Å². The van der Waals surface area contributed by atoms with Crippen molar-refractivity contribution >= 4 is 27.6 Å². The van der Waals surface area contributed by atoms with Gasteiger partial charge < -0.3 is 19.3 Å². The van der Waals surface area contributed by atoms with E-state index in [0.29, 0.717) is 11.5 Å². The van der Waals surface area contributed by atoms with Gasteiger partial charge in [0.05, 0.1) is 21.7 Å². The van der Waals surface area contributed by atoms with Crippen LogP contribution in [0.4, 0.5) is 5.69 Å². The molecule has 1 N–H and O–H groups in total. The maximum atomic E-state index is 12.4. The molecule has 0 fully saturated rings. The second-order valence-electron chi connectivity index (χ2n) is 7.56. The quantitative estimate of drug-likeness (QED) is 0.456. The number of nitrogens with zero attached hydrogens (tertiary/aromatic N) is 2. The number of hydrogen-bond acceptors (Lipinski definition) is 8. The number of ether oxygens (including phenoxy) is 2. The molecule has 0 radical (unpaired) electrons. The molecule has 1 heterocycles. The minimum Gasteiger partial charge on any atom is -0.489 e. The van der Waals surface area contributed by atoms with E-state index in [4.69, 9.17) is 14.0 Å². The van der Waals surface area contributed by atoms with Gasteiger partial charge in [-0.15, -0.1) is 0 Å². The fraction of sp³-hybridized carbons (Fsp3) is 0.261. The topological polar surface area (TPSA) is 128 Å². The van der Waals surface area contributed by atoms with E-state index in [1.54, 1.807) is 25.1 Å². The lowest BCUT2D eigenvalue weighted by molar-refractivity contribution is -0.119. The van der Waals surface area contributed by atoms with Crippen LogP contribution >= 0.6 is 0 Å². The first-order valence-electron chi connectivity index (χ1n) is 10.2. The van der Waals surface area contributed by atoms with Gasteiger partial charge >= 0.3 is 5.97 Å². The van der Waals surface area contributed by atoms with E-state index in [1.165, 1.54) is 44.4 Å². The molecule has 0 aliphatic heterocycles. The average molecular weight is 488 g/mol. The maximum absolute atomic E-state index is 12.4. The third kappa shape index (κ3) is 6.00. The van der Waals surface area contributed by atoms with E-state index in [2.05, 4.69) is 10.5 Å². The lowest BCUT2D eigenvalue weighted by Crippen LogP contribution is -2.23. The highest BCUT2D eigenvalue weighted by atomic mass is 32.2. The van der Waals surface area contributed by atoms with Gasteiger partial charge in [0, 0.05) is 19.8 Å². The molecule has 0 atom stereocenters. The number of hydrogen-bond donors (Lipinski definition) is 1. The number of aryl methyl sites for hydroxylation is 2. The number of carbonyl (C=O) groups excluding carboxylic acids is 2. The van der Waals surface area contributed by atoms with Crippen LogP contribution in [-0.4, -0.2) is 50.5 Å². The van der Waals surface area contributed by atoms with E-state index < -0.39 is 28.5 Å². The van der Waals surface area contributed by atoms with Crippen LogP contribution in [0.5, 0.6) is 5.75 Å². The van der Waals surface area contributed by atoms with Gasteiger partial charge in [-0.25, -0.2) is 17.5 Å². The third-order valence-corrected chi connectivity index (χ3v) is 6.68. The first-order valence-corrected chi connectivity index (χ1v) is 11.7. The number of nitrogens with one attached hydrogen (secondary N) is 1. The zero-order chi connectivity index (χ0) is 24.9. The molecule has 0 spiro atoms. The van der Waals surface area contributed by atoms with Crippen LogP contribution in [0, 0.1) is 13.8 Å². The van der Waals surface area contributed by atoms with Crippen LogP contribution in [0.25, 0.3) is 0 Å². The number of aromatic nitrogens is 1. The van der Waals surface area contributed by atoms with E-state index in [9.17, 15) is 18.0 Å². The van der Waals surface area contributed by atoms with Gasteiger partial charge in [0.1, 0.15) is 18.1 Å². The van der Waals surface area contributed by atoms with Crippen molar-refractivity contribution in [3.05, 3.63) is 71.1 Å². The van der Waals surface area contributed by atoms with Gasteiger partial charge in [0.25, 0.3) is 5.91 Å². The summed E-state index contributed by atoms with van der Waals surface area (Å²) in [6.07, 6.45) is 0. The van der Waals surface area contributed by atoms with Crippen LogP contribution in [-0.2, 0) is 26.2 Å². The molecule has 0 saturated carbocycles. The molecular weight excluding hydrogens is 462 g/mol. The summed E-state index contributed by atoms with van der Waals surface area (Å²) >= 11 is 0. The Balaban J connectivity index is 1.57. The average Bonchev–Trinajstić information content (AvgIpc) is 3.13. The summed E-state index contributed by atoms with van der Waals surface area (Å²) in [6.45, 7) is 3.28. The molecular formula is C23H25N3O7S. The van der Waals surface area contributed by atoms with Crippen molar-refractivity contribution in [3.8, 4) is 5.75 Å². The lowest BCUT2D eigenvalue weighted by atomic mass is 10.2. The SMILES string of the molecule is Cc1noc(C)c1COc1cccc(C(=O)OCC(=O)Nc2cccc(S(=O)(=O)N(C)C)c2)c1. The highest BCUT2D eigenvalue weighted by Crippen LogP contribution is 2.20. The summed E-state index contributed by atoms with van der Waals surface area (Å²) < 4.78 is 41.5. The van der Waals surface area contributed by atoms with Gasteiger partial charge in [-0.1, -0.05) is 17.3 Å². The molecule has 34 heavy (non-hydrogen) atoms. The summed E-state index contributed by atoms with van der Waals surface area (Å²) in [5.41, 5.74) is 2.03. The first kappa shape index (κ1) is 24.9. The molecule has 180 valence electrons. The van der Waals surface area contributed by atoms with Crippen molar-refractivity contribution < 1.29 is 32.0 Å². The molecule has 3 rings (SSSR count). The summed E-state index contributed by atoms with van der Waals surface area (Å²) in [5, 5.41) is 6.39. The van der Waals surface area contributed by atoms with Gasteiger partial charge in [-0.2, -0.15) is 0 Å². The molecule has 1 aromatic heterocycles. The van der Waals surface area contributed by atoms with Crippen molar-refractivity contribution in [3.63, 3.8) is 0 Å². The number of carbonyl (C=O) groups is 2. The molecule has 0 bridgehead atoms. The summed E-state index contributed by atoms with van der Waals surface area (Å²) in [5.74, 6) is -0.220. The second kappa shape index (κ2) is 10.5. The number of benzene rings is 2. The molecule has 0 aliphatic rings. The Morgan fingerprint density at radius 1 is 1.09 bits per heavy atom. The monoisotopic (exact) mass is 487 g/mol. The molecule has 2 aromatic carbocycles. The smallest absolute Gasteiger partial charge is 0.338 e. The molecule has 11 heteroatoms. The van der Waals surface area contributed by atoms with Crippen molar-refractivity contribution in [2.24, 2.45) is 0 Å². The Kier molecular flexibility index (Phi) is 7.69. The van der Waals surface area contributed by atoms with Gasteiger partial charge in [0.2, 0.25) is 10.0 Å². The van der Waals surface area contributed by atoms with E-state index in [1.807, 2.05) is 6.92 Å². The van der Waals surface area contributed by atoms with Crippen LogP contribution in [0.3, 0.4) is 0 Å². The fourth-order valence-corrected chi connectivity index (χ4v) is 3.88. The maximum Gasteiger partial charge on any atom is 0.338 e.